The van der Waals surface area contributed by atoms with Crippen LogP contribution in [0.25, 0.3) is 0 Å². The standard InChI is InChI=1S/C10H21BrO2/c1-2-3-7-12-9-10-13-8-5-4-6-11/h2-10H2,1H3. The lowest BCUT2D eigenvalue weighted by atomic mass is 10.4. The lowest BCUT2D eigenvalue weighted by Gasteiger charge is -2.04. The Morgan fingerprint density at radius 1 is 0.846 bits per heavy atom. The van der Waals surface area contributed by atoms with E-state index in [-0.39, 0.29) is 0 Å². The summed E-state index contributed by atoms with van der Waals surface area (Å²) in [6.45, 7) is 5.39. The predicted octanol–water partition coefficient (Wildman–Crippen LogP) is 2.99. The van der Waals surface area contributed by atoms with E-state index in [4.69, 9.17) is 9.47 Å². The van der Waals surface area contributed by atoms with Gasteiger partial charge < -0.3 is 9.47 Å². The maximum absolute atomic E-state index is 5.37. The van der Waals surface area contributed by atoms with Crippen LogP contribution in [0.4, 0.5) is 0 Å². The number of unbranched alkanes of at least 4 members (excludes halogenated alkanes) is 2. The molecular weight excluding hydrogens is 232 g/mol. The molecule has 0 rings (SSSR count). The van der Waals surface area contributed by atoms with Gasteiger partial charge in [0.1, 0.15) is 0 Å². The predicted molar refractivity (Wildman–Crippen MR) is 59.6 cm³/mol. The highest BCUT2D eigenvalue weighted by Crippen LogP contribution is 1.94. The van der Waals surface area contributed by atoms with Crippen LogP contribution in [0.2, 0.25) is 0 Å². The Bertz CT molecular complexity index is 79.0. The van der Waals surface area contributed by atoms with Crippen molar-refractivity contribution in [1.29, 1.82) is 0 Å². The first-order valence-corrected chi connectivity index (χ1v) is 6.25. The van der Waals surface area contributed by atoms with Crippen LogP contribution in [0, 0.1) is 0 Å². The summed E-state index contributed by atoms with van der Waals surface area (Å²) in [6.07, 6.45) is 4.69. The molecule has 0 fully saturated rings. The third-order valence-corrected chi connectivity index (χ3v) is 2.25. The number of hydrogen-bond acceptors (Lipinski definition) is 2. The Kier molecular flexibility index (Phi) is 12.8. The number of rotatable bonds is 10. The topological polar surface area (TPSA) is 18.5 Å². The zero-order valence-electron chi connectivity index (χ0n) is 8.56. The summed E-state index contributed by atoms with van der Waals surface area (Å²) < 4.78 is 10.7. The molecule has 2 nitrogen and oxygen atoms in total. The van der Waals surface area contributed by atoms with Crippen molar-refractivity contribution in [3.63, 3.8) is 0 Å². The molecule has 0 bridgehead atoms. The molecule has 3 heteroatoms. The van der Waals surface area contributed by atoms with Crippen LogP contribution in [0.5, 0.6) is 0 Å². The summed E-state index contributed by atoms with van der Waals surface area (Å²) in [4.78, 5) is 0. The second kappa shape index (κ2) is 12.4. The first-order valence-electron chi connectivity index (χ1n) is 5.13. The highest BCUT2D eigenvalue weighted by atomic mass is 79.9. The molecule has 0 radical (unpaired) electrons. The van der Waals surface area contributed by atoms with E-state index in [1.54, 1.807) is 0 Å². The van der Waals surface area contributed by atoms with Crippen molar-refractivity contribution in [2.45, 2.75) is 32.6 Å². The molecule has 0 spiro atoms. The second-order valence-corrected chi connectivity index (χ2v) is 3.77. The van der Waals surface area contributed by atoms with Gasteiger partial charge in [-0.2, -0.15) is 0 Å². The van der Waals surface area contributed by atoms with E-state index < -0.39 is 0 Å². The van der Waals surface area contributed by atoms with Crippen molar-refractivity contribution < 1.29 is 9.47 Å². The lowest BCUT2D eigenvalue weighted by molar-refractivity contribution is 0.0458. The highest BCUT2D eigenvalue weighted by molar-refractivity contribution is 9.09. The molecule has 0 heterocycles. The monoisotopic (exact) mass is 252 g/mol. The molecule has 13 heavy (non-hydrogen) atoms. The van der Waals surface area contributed by atoms with E-state index in [2.05, 4.69) is 22.9 Å². The van der Waals surface area contributed by atoms with Crippen molar-refractivity contribution in [1.82, 2.24) is 0 Å². The van der Waals surface area contributed by atoms with Crippen molar-refractivity contribution in [3.8, 4) is 0 Å². The summed E-state index contributed by atoms with van der Waals surface area (Å²) in [5, 5.41) is 1.07. The lowest BCUT2D eigenvalue weighted by Crippen LogP contribution is -2.06. The fourth-order valence-electron chi connectivity index (χ4n) is 0.867. The Balaban J connectivity index is 2.76. The van der Waals surface area contributed by atoms with Crippen molar-refractivity contribution >= 4 is 15.9 Å². The van der Waals surface area contributed by atoms with Crippen molar-refractivity contribution in [2.75, 3.05) is 31.8 Å². The minimum atomic E-state index is 0.742. The molecule has 0 aromatic carbocycles. The minimum absolute atomic E-state index is 0.742. The van der Waals surface area contributed by atoms with Gasteiger partial charge in [0.15, 0.2) is 0 Å². The van der Waals surface area contributed by atoms with E-state index in [1.165, 1.54) is 12.8 Å². The van der Waals surface area contributed by atoms with Gasteiger partial charge in [-0.25, -0.2) is 0 Å². The number of hydrogen-bond donors (Lipinski definition) is 0. The van der Waals surface area contributed by atoms with Crippen LogP contribution in [0.15, 0.2) is 0 Å². The summed E-state index contributed by atoms with van der Waals surface area (Å²) >= 11 is 3.38. The van der Waals surface area contributed by atoms with Gasteiger partial charge in [-0.1, -0.05) is 29.3 Å². The van der Waals surface area contributed by atoms with Gasteiger partial charge in [-0.05, 0) is 19.3 Å². The molecule has 0 aliphatic rings. The molecule has 0 atom stereocenters. The van der Waals surface area contributed by atoms with Crippen molar-refractivity contribution in [2.24, 2.45) is 0 Å². The zero-order valence-corrected chi connectivity index (χ0v) is 10.1. The van der Waals surface area contributed by atoms with Gasteiger partial charge in [0.2, 0.25) is 0 Å². The maximum Gasteiger partial charge on any atom is 0.0700 e. The first-order chi connectivity index (χ1) is 6.41. The maximum atomic E-state index is 5.37. The molecule has 80 valence electrons. The first kappa shape index (κ1) is 13.4. The Morgan fingerprint density at radius 2 is 1.46 bits per heavy atom. The molecular formula is C10H21BrO2. The van der Waals surface area contributed by atoms with Gasteiger partial charge in [0, 0.05) is 18.5 Å². The molecule has 0 N–H and O–H groups in total. The highest BCUT2D eigenvalue weighted by Gasteiger charge is 1.89. The van der Waals surface area contributed by atoms with Crippen LogP contribution in [-0.2, 0) is 9.47 Å². The van der Waals surface area contributed by atoms with Gasteiger partial charge in [-0.3, -0.25) is 0 Å². The average molecular weight is 253 g/mol. The van der Waals surface area contributed by atoms with Gasteiger partial charge >= 0.3 is 0 Å². The van der Waals surface area contributed by atoms with E-state index in [0.717, 1.165) is 44.6 Å². The fraction of sp³-hybridized carbons (Fsp3) is 1.00. The minimum Gasteiger partial charge on any atom is -0.379 e. The molecule has 0 amide bonds. The summed E-state index contributed by atoms with van der Waals surface area (Å²) in [5.74, 6) is 0. The molecule has 0 aliphatic carbocycles. The van der Waals surface area contributed by atoms with Crippen LogP contribution >= 0.6 is 15.9 Å². The summed E-state index contributed by atoms with van der Waals surface area (Å²) in [5.41, 5.74) is 0. The average Bonchev–Trinajstić information content (AvgIpc) is 2.16. The molecule has 0 unspecified atom stereocenters. The number of alkyl halides is 1. The third kappa shape index (κ3) is 12.4. The van der Waals surface area contributed by atoms with Gasteiger partial charge in [0.25, 0.3) is 0 Å². The Labute approximate surface area is 90.1 Å². The van der Waals surface area contributed by atoms with E-state index in [9.17, 15) is 0 Å². The Hall–Kier alpha value is 0.400. The number of ether oxygens (including phenoxy) is 2. The van der Waals surface area contributed by atoms with E-state index in [1.807, 2.05) is 0 Å². The molecule has 0 saturated heterocycles. The number of halogens is 1. The summed E-state index contributed by atoms with van der Waals surface area (Å²) in [6, 6.07) is 0. The molecule has 0 aliphatic heterocycles. The third-order valence-electron chi connectivity index (χ3n) is 1.69. The van der Waals surface area contributed by atoms with Crippen LogP contribution < -0.4 is 0 Å². The van der Waals surface area contributed by atoms with E-state index >= 15 is 0 Å². The van der Waals surface area contributed by atoms with Crippen LogP contribution in [0.3, 0.4) is 0 Å². The van der Waals surface area contributed by atoms with E-state index in [0.29, 0.717) is 0 Å². The van der Waals surface area contributed by atoms with Gasteiger partial charge in [0.05, 0.1) is 13.2 Å². The quantitative estimate of drug-likeness (QED) is 0.440. The second-order valence-electron chi connectivity index (χ2n) is 2.97. The fourth-order valence-corrected chi connectivity index (χ4v) is 1.26. The normalized spacial score (nSPS) is 10.6. The van der Waals surface area contributed by atoms with Crippen molar-refractivity contribution in [3.05, 3.63) is 0 Å². The van der Waals surface area contributed by atoms with Crippen LogP contribution in [-0.4, -0.2) is 31.8 Å². The van der Waals surface area contributed by atoms with Gasteiger partial charge in [-0.15, -0.1) is 0 Å². The summed E-state index contributed by atoms with van der Waals surface area (Å²) in [7, 11) is 0. The molecule has 0 saturated carbocycles. The SMILES string of the molecule is CCCCOCCOCCCCBr. The Morgan fingerprint density at radius 3 is 2.00 bits per heavy atom. The molecule has 0 aromatic heterocycles. The largest absolute Gasteiger partial charge is 0.379 e. The zero-order chi connectivity index (χ0) is 9.78. The smallest absolute Gasteiger partial charge is 0.0700 e. The molecule has 0 aromatic rings. The van der Waals surface area contributed by atoms with Crippen LogP contribution in [0.1, 0.15) is 32.6 Å².